The maximum atomic E-state index is 6.05. The highest BCUT2D eigenvalue weighted by Crippen LogP contribution is 2.41. The van der Waals surface area contributed by atoms with Crippen molar-refractivity contribution in [2.75, 3.05) is 6.61 Å². The molecule has 2 N–H and O–H groups in total. The first-order valence-corrected chi connectivity index (χ1v) is 7.85. The highest BCUT2D eigenvalue weighted by atomic mass is 16.5. The van der Waals surface area contributed by atoms with Crippen molar-refractivity contribution in [1.29, 1.82) is 0 Å². The van der Waals surface area contributed by atoms with Crippen molar-refractivity contribution < 1.29 is 9.26 Å². The summed E-state index contributed by atoms with van der Waals surface area (Å²) in [5.74, 6) is 1.98. The second-order valence-electron chi connectivity index (χ2n) is 5.96. The van der Waals surface area contributed by atoms with E-state index in [4.69, 9.17) is 15.0 Å². The predicted molar refractivity (Wildman–Crippen MR) is 77.1 cm³/mol. The van der Waals surface area contributed by atoms with E-state index in [1.165, 1.54) is 0 Å². The van der Waals surface area contributed by atoms with Crippen LogP contribution in [0.1, 0.15) is 77.1 Å². The molecule has 0 radical (unpaired) electrons. The van der Waals surface area contributed by atoms with Crippen molar-refractivity contribution in [3.8, 4) is 0 Å². The van der Waals surface area contributed by atoms with Crippen molar-refractivity contribution in [3.63, 3.8) is 0 Å². The summed E-state index contributed by atoms with van der Waals surface area (Å²) in [5.41, 5.74) is 5.68. The van der Waals surface area contributed by atoms with Gasteiger partial charge in [0.25, 0.3) is 0 Å². The number of rotatable bonds is 6. The van der Waals surface area contributed by atoms with Gasteiger partial charge in [0.15, 0.2) is 0 Å². The smallest absolute Gasteiger partial charge is 0.243 e. The summed E-state index contributed by atoms with van der Waals surface area (Å²) < 4.78 is 11.4. The van der Waals surface area contributed by atoms with Gasteiger partial charge in [-0.25, -0.2) is 0 Å². The van der Waals surface area contributed by atoms with Crippen LogP contribution in [0.2, 0.25) is 0 Å². The summed E-state index contributed by atoms with van der Waals surface area (Å²) in [4.78, 5) is 4.54. The Morgan fingerprint density at radius 1 is 1.40 bits per heavy atom. The Morgan fingerprint density at radius 3 is 2.70 bits per heavy atom. The first-order chi connectivity index (χ1) is 9.61. The van der Waals surface area contributed by atoms with Crippen LogP contribution < -0.4 is 5.73 Å². The van der Waals surface area contributed by atoms with E-state index in [0.717, 1.165) is 44.4 Å². The minimum atomic E-state index is -0.366. The number of hydrogen-bond donors (Lipinski definition) is 1. The number of nitrogens with two attached hydrogens (primary N) is 1. The summed E-state index contributed by atoms with van der Waals surface area (Å²) in [5, 5.41) is 4.17. The van der Waals surface area contributed by atoms with E-state index >= 15 is 0 Å². The van der Waals surface area contributed by atoms with Gasteiger partial charge in [0.2, 0.25) is 11.7 Å². The third-order valence-corrected chi connectivity index (χ3v) is 4.27. The fourth-order valence-electron chi connectivity index (χ4n) is 2.94. The van der Waals surface area contributed by atoms with E-state index in [-0.39, 0.29) is 11.6 Å². The third-order valence-electron chi connectivity index (χ3n) is 4.27. The first kappa shape index (κ1) is 15.4. The molecule has 0 unspecified atom stereocenters. The van der Waals surface area contributed by atoms with Gasteiger partial charge in [-0.15, -0.1) is 0 Å². The molecule has 1 aromatic heterocycles. The Bertz CT molecular complexity index is 411. The van der Waals surface area contributed by atoms with E-state index in [9.17, 15) is 0 Å². The van der Waals surface area contributed by atoms with Crippen LogP contribution >= 0.6 is 0 Å². The molecule has 1 aliphatic carbocycles. The average molecular weight is 281 g/mol. The molecule has 2 rings (SSSR count). The Balaban J connectivity index is 2.17. The minimum Gasteiger partial charge on any atom is -0.367 e. The van der Waals surface area contributed by atoms with E-state index in [1.54, 1.807) is 0 Å². The molecule has 0 saturated heterocycles. The molecule has 114 valence electrons. The van der Waals surface area contributed by atoms with Crippen LogP contribution in [-0.4, -0.2) is 16.7 Å². The molecule has 1 fully saturated rings. The Hall–Kier alpha value is -0.940. The lowest BCUT2D eigenvalue weighted by molar-refractivity contribution is -0.0847. The van der Waals surface area contributed by atoms with Crippen LogP contribution in [0.5, 0.6) is 0 Å². The van der Waals surface area contributed by atoms with Crippen LogP contribution in [0, 0.1) is 5.92 Å². The molecule has 1 saturated carbocycles. The predicted octanol–water partition coefficient (Wildman–Crippen LogP) is 3.31. The standard InChI is InChI=1S/C15H27N3O2/c1-4-6-12(16)13-17-14(18-20-13)15(19-5-2)9-7-11(3)8-10-15/h11-12H,4-10,16H2,1-3H3/t11?,12-,15?/m0/s1. The van der Waals surface area contributed by atoms with Crippen molar-refractivity contribution in [1.82, 2.24) is 10.1 Å². The molecular formula is C15H27N3O2. The van der Waals surface area contributed by atoms with Crippen LogP contribution in [-0.2, 0) is 10.3 Å². The normalized spacial score (nSPS) is 28.5. The molecule has 0 amide bonds. The van der Waals surface area contributed by atoms with E-state index in [0.29, 0.717) is 18.3 Å². The van der Waals surface area contributed by atoms with Crippen molar-refractivity contribution in [2.24, 2.45) is 11.7 Å². The monoisotopic (exact) mass is 281 g/mol. The number of hydrogen-bond acceptors (Lipinski definition) is 5. The highest BCUT2D eigenvalue weighted by Gasteiger charge is 2.41. The van der Waals surface area contributed by atoms with Gasteiger partial charge in [0.05, 0.1) is 6.04 Å². The summed E-state index contributed by atoms with van der Waals surface area (Å²) in [7, 11) is 0. The second kappa shape index (κ2) is 6.68. The van der Waals surface area contributed by atoms with Crippen molar-refractivity contribution in [2.45, 2.75) is 70.9 Å². The molecule has 0 spiro atoms. The van der Waals surface area contributed by atoms with Gasteiger partial charge in [-0.3, -0.25) is 0 Å². The van der Waals surface area contributed by atoms with Crippen molar-refractivity contribution >= 4 is 0 Å². The summed E-state index contributed by atoms with van der Waals surface area (Å²) in [6.45, 7) is 7.07. The summed E-state index contributed by atoms with van der Waals surface area (Å²) >= 11 is 0. The Labute approximate surface area is 121 Å². The largest absolute Gasteiger partial charge is 0.367 e. The molecule has 5 heteroatoms. The maximum absolute atomic E-state index is 6.05. The van der Waals surface area contributed by atoms with E-state index < -0.39 is 0 Å². The van der Waals surface area contributed by atoms with Gasteiger partial charge in [-0.05, 0) is 44.9 Å². The summed E-state index contributed by atoms with van der Waals surface area (Å²) in [6.07, 6.45) is 6.08. The number of nitrogens with zero attached hydrogens (tertiary/aromatic N) is 2. The van der Waals surface area contributed by atoms with Gasteiger partial charge in [-0.2, -0.15) is 4.98 Å². The molecule has 5 nitrogen and oxygen atoms in total. The molecular weight excluding hydrogens is 254 g/mol. The quantitative estimate of drug-likeness (QED) is 0.865. The van der Waals surface area contributed by atoms with Gasteiger partial charge in [0.1, 0.15) is 5.60 Å². The summed E-state index contributed by atoms with van der Waals surface area (Å²) in [6, 6.07) is -0.164. The maximum Gasteiger partial charge on any atom is 0.243 e. The molecule has 1 aliphatic rings. The van der Waals surface area contributed by atoms with E-state index in [2.05, 4.69) is 24.0 Å². The number of ether oxygens (including phenoxy) is 1. The van der Waals surface area contributed by atoms with Gasteiger partial charge in [-0.1, -0.05) is 25.4 Å². The van der Waals surface area contributed by atoms with Crippen LogP contribution in [0.4, 0.5) is 0 Å². The molecule has 0 aliphatic heterocycles. The minimum absolute atomic E-state index is 0.164. The first-order valence-electron chi connectivity index (χ1n) is 7.85. The van der Waals surface area contributed by atoms with Crippen LogP contribution in [0.15, 0.2) is 4.52 Å². The lowest BCUT2D eigenvalue weighted by Gasteiger charge is -2.36. The molecule has 1 aromatic rings. The van der Waals surface area contributed by atoms with Gasteiger partial charge in [0, 0.05) is 6.61 Å². The average Bonchev–Trinajstić information content (AvgIpc) is 2.92. The third kappa shape index (κ3) is 3.20. The highest BCUT2D eigenvalue weighted by molar-refractivity contribution is 5.05. The Kier molecular flexibility index (Phi) is 5.16. The van der Waals surface area contributed by atoms with Gasteiger partial charge >= 0.3 is 0 Å². The molecule has 0 aromatic carbocycles. The Morgan fingerprint density at radius 2 is 2.10 bits per heavy atom. The topological polar surface area (TPSA) is 74.2 Å². The zero-order valence-corrected chi connectivity index (χ0v) is 12.9. The second-order valence-corrected chi connectivity index (χ2v) is 5.96. The lowest BCUT2D eigenvalue weighted by atomic mass is 9.79. The molecule has 20 heavy (non-hydrogen) atoms. The fraction of sp³-hybridized carbons (Fsp3) is 0.867. The SMILES string of the molecule is CCC[C@H](N)c1nc(C2(OCC)CCC(C)CC2)no1. The molecule has 0 bridgehead atoms. The number of aromatic nitrogens is 2. The van der Waals surface area contributed by atoms with Crippen LogP contribution in [0.25, 0.3) is 0 Å². The van der Waals surface area contributed by atoms with Gasteiger partial charge < -0.3 is 15.0 Å². The zero-order chi connectivity index (χ0) is 14.6. The zero-order valence-electron chi connectivity index (χ0n) is 12.9. The lowest BCUT2D eigenvalue weighted by Crippen LogP contribution is -2.35. The van der Waals surface area contributed by atoms with Crippen molar-refractivity contribution in [3.05, 3.63) is 11.7 Å². The molecule has 1 heterocycles. The van der Waals surface area contributed by atoms with Crippen LogP contribution in [0.3, 0.4) is 0 Å². The molecule has 1 atom stereocenters. The van der Waals surface area contributed by atoms with E-state index in [1.807, 2.05) is 6.92 Å². The fourth-order valence-corrected chi connectivity index (χ4v) is 2.94.